The van der Waals surface area contributed by atoms with Gasteiger partial charge < -0.3 is 10.2 Å². The maximum absolute atomic E-state index is 3.50. The number of nitrogens with one attached hydrogen (secondary N) is 1. The Morgan fingerprint density at radius 2 is 2.07 bits per heavy atom. The molecule has 1 aliphatic carbocycles. The van der Waals surface area contributed by atoms with Gasteiger partial charge in [-0.2, -0.15) is 0 Å². The van der Waals surface area contributed by atoms with Gasteiger partial charge in [0.2, 0.25) is 0 Å². The highest BCUT2D eigenvalue weighted by atomic mass is 15.1. The number of rotatable bonds is 6. The summed E-state index contributed by atoms with van der Waals surface area (Å²) in [6.07, 6.45) is 8.65. The fraction of sp³-hybridized carbons (Fsp3) is 1.00. The number of nitrogens with zero attached hydrogens (tertiary/aromatic N) is 1. The Morgan fingerprint density at radius 1 is 1.20 bits per heavy atom. The van der Waals surface area contributed by atoms with E-state index < -0.39 is 0 Å². The van der Waals surface area contributed by atoms with E-state index in [2.05, 4.69) is 17.3 Å². The first kappa shape index (κ1) is 11.4. The van der Waals surface area contributed by atoms with Crippen molar-refractivity contribution in [3.8, 4) is 0 Å². The Hall–Kier alpha value is -0.0800. The lowest BCUT2D eigenvalue weighted by molar-refractivity contribution is 0.285. The molecule has 1 N–H and O–H groups in total. The lowest BCUT2D eigenvalue weighted by atomic mass is 9.95. The molecule has 2 aliphatic rings. The van der Waals surface area contributed by atoms with Crippen molar-refractivity contribution in [2.24, 2.45) is 11.8 Å². The minimum atomic E-state index is 0.966. The summed E-state index contributed by atoms with van der Waals surface area (Å²) >= 11 is 0. The van der Waals surface area contributed by atoms with E-state index in [1.807, 2.05) is 0 Å². The van der Waals surface area contributed by atoms with Crippen molar-refractivity contribution in [2.75, 3.05) is 33.2 Å². The minimum Gasteiger partial charge on any atom is -0.316 e. The van der Waals surface area contributed by atoms with Crippen molar-refractivity contribution in [1.29, 1.82) is 0 Å². The van der Waals surface area contributed by atoms with E-state index in [9.17, 15) is 0 Å². The van der Waals surface area contributed by atoms with E-state index in [1.165, 1.54) is 64.7 Å². The largest absolute Gasteiger partial charge is 0.316 e. The first-order valence-electron chi connectivity index (χ1n) is 6.74. The molecule has 0 bridgehead atoms. The molecule has 0 aromatic heterocycles. The lowest BCUT2D eigenvalue weighted by Gasteiger charge is -2.23. The van der Waals surface area contributed by atoms with Crippen LogP contribution in [0.1, 0.15) is 38.5 Å². The van der Waals surface area contributed by atoms with Crippen molar-refractivity contribution in [1.82, 2.24) is 10.2 Å². The first-order chi connectivity index (χ1) is 7.34. The molecule has 0 radical (unpaired) electrons. The van der Waals surface area contributed by atoms with Crippen LogP contribution in [0, 0.1) is 11.8 Å². The van der Waals surface area contributed by atoms with Crippen molar-refractivity contribution in [3.05, 3.63) is 0 Å². The molecule has 0 spiro atoms. The summed E-state index contributed by atoms with van der Waals surface area (Å²) in [5.41, 5.74) is 0. The summed E-state index contributed by atoms with van der Waals surface area (Å²) in [4.78, 5) is 2.54. The van der Waals surface area contributed by atoms with Crippen molar-refractivity contribution >= 4 is 0 Å². The molecule has 88 valence electrons. The van der Waals surface area contributed by atoms with Gasteiger partial charge in [0.1, 0.15) is 0 Å². The van der Waals surface area contributed by atoms with Crippen LogP contribution in [0.3, 0.4) is 0 Å². The normalized spacial score (nSPS) is 27.2. The van der Waals surface area contributed by atoms with Gasteiger partial charge in [0, 0.05) is 6.54 Å². The molecular weight excluding hydrogens is 184 g/mol. The van der Waals surface area contributed by atoms with E-state index in [-0.39, 0.29) is 0 Å². The Morgan fingerprint density at radius 3 is 2.73 bits per heavy atom. The zero-order valence-electron chi connectivity index (χ0n) is 10.2. The number of piperidine rings is 1. The van der Waals surface area contributed by atoms with Gasteiger partial charge in [0.05, 0.1) is 0 Å². The quantitative estimate of drug-likeness (QED) is 0.722. The highest BCUT2D eigenvalue weighted by molar-refractivity contribution is 4.76. The summed E-state index contributed by atoms with van der Waals surface area (Å²) in [6, 6.07) is 0. The Bertz CT molecular complexity index is 171. The fourth-order valence-corrected chi connectivity index (χ4v) is 2.65. The highest BCUT2D eigenvalue weighted by Crippen LogP contribution is 2.29. The van der Waals surface area contributed by atoms with E-state index >= 15 is 0 Å². The summed E-state index contributed by atoms with van der Waals surface area (Å²) in [7, 11) is 2.29. The summed E-state index contributed by atoms with van der Waals surface area (Å²) < 4.78 is 0. The predicted molar refractivity (Wildman–Crippen MR) is 65.0 cm³/mol. The van der Waals surface area contributed by atoms with E-state index in [0.29, 0.717) is 0 Å². The standard InChI is InChI=1S/C13H26N2/c1-15(11-13-6-7-13)9-3-5-12-4-2-8-14-10-12/h12-14H,2-11H2,1H3. The molecule has 2 rings (SSSR count). The van der Waals surface area contributed by atoms with E-state index in [0.717, 1.165) is 11.8 Å². The minimum absolute atomic E-state index is 0.966. The molecule has 1 saturated carbocycles. The van der Waals surface area contributed by atoms with Crippen LogP contribution in [0.15, 0.2) is 0 Å². The monoisotopic (exact) mass is 210 g/mol. The van der Waals surface area contributed by atoms with Crippen LogP contribution < -0.4 is 5.32 Å². The molecule has 0 aromatic carbocycles. The lowest BCUT2D eigenvalue weighted by Crippen LogP contribution is -2.30. The molecular formula is C13H26N2. The topological polar surface area (TPSA) is 15.3 Å². The molecule has 1 heterocycles. The molecule has 2 fully saturated rings. The molecule has 0 aromatic rings. The maximum atomic E-state index is 3.50. The Kier molecular flexibility index (Phi) is 4.45. The van der Waals surface area contributed by atoms with Gasteiger partial charge in [0.25, 0.3) is 0 Å². The second kappa shape index (κ2) is 5.86. The van der Waals surface area contributed by atoms with Crippen LogP contribution in [0.4, 0.5) is 0 Å². The van der Waals surface area contributed by atoms with Crippen LogP contribution in [0.25, 0.3) is 0 Å². The third-order valence-corrected chi connectivity index (χ3v) is 3.82. The second-order valence-corrected chi connectivity index (χ2v) is 5.56. The van der Waals surface area contributed by atoms with Crippen LogP contribution >= 0.6 is 0 Å². The van der Waals surface area contributed by atoms with Gasteiger partial charge in [0.15, 0.2) is 0 Å². The van der Waals surface area contributed by atoms with E-state index in [4.69, 9.17) is 0 Å². The SMILES string of the molecule is CN(CCCC1CCCNC1)CC1CC1. The van der Waals surface area contributed by atoms with Gasteiger partial charge in [-0.15, -0.1) is 0 Å². The number of hydrogen-bond donors (Lipinski definition) is 1. The van der Waals surface area contributed by atoms with Gasteiger partial charge in [-0.05, 0) is 77.0 Å². The molecule has 15 heavy (non-hydrogen) atoms. The molecule has 2 heteroatoms. The van der Waals surface area contributed by atoms with Crippen LogP contribution in [0.2, 0.25) is 0 Å². The Labute approximate surface area is 94.4 Å². The Balaban J connectivity index is 1.49. The molecule has 1 atom stereocenters. The smallest absolute Gasteiger partial charge is 0.000661 e. The molecule has 1 aliphatic heterocycles. The summed E-state index contributed by atoms with van der Waals surface area (Å²) in [5.74, 6) is 2.01. The second-order valence-electron chi connectivity index (χ2n) is 5.56. The maximum Gasteiger partial charge on any atom is 0.000661 e. The average molecular weight is 210 g/mol. The number of hydrogen-bond acceptors (Lipinski definition) is 2. The molecule has 1 saturated heterocycles. The van der Waals surface area contributed by atoms with Crippen LogP contribution in [-0.4, -0.2) is 38.1 Å². The molecule has 1 unspecified atom stereocenters. The summed E-state index contributed by atoms with van der Waals surface area (Å²) in [6.45, 7) is 5.18. The first-order valence-corrected chi connectivity index (χ1v) is 6.74. The van der Waals surface area contributed by atoms with Crippen molar-refractivity contribution in [3.63, 3.8) is 0 Å². The molecule has 2 nitrogen and oxygen atoms in total. The molecule has 0 amide bonds. The average Bonchev–Trinajstić information content (AvgIpc) is 3.03. The fourth-order valence-electron chi connectivity index (χ4n) is 2.65. The zero-order valence-corrected chi connectivity index (χ0v) is 10.2. The van der Waals surface area contributed by atoms with Gasteiger partial charge in [-0.3, -0.25) is 0 Å². The van der Waals surface area contributed by atoms with Crippen molar-refractivity contribution < 1.29 is 0 Å². The third kappa shape index (κ3) is 4.52. The van der Waals surface area contributed by atoms with Gasteiger partial charge in [-0.1, -0.05) is 0 Å². The predicted octanol–water partition coefficient (Wildman–Crippen LogP) is 2.11. The van der Waals surface area contributed by atoms with Crippen LogP contribution in [0.5, 0.6) is 0 Å². The van der Waals surface area contributed by atoms with E-state index in [1.54, 1.807) is 0 Å². The summed E-state index contributed by atoms with van der Waals surface area (Å²) in [5, 5.41) is 3.50. The third-order valence-electron chi connectivity index (χ3n) is 3.82. The van der Waals surface area contributed by atoms with Gasteiger partial charge >= 0.3 is 0 Å². The zero-order chi connectivity index (χ0) is 10.5. The van der Waals surface area contributed by atoms with Crippen molar-refractivity contribution in [2.45, 2.75) is 38.5 Å². The van der Waals surface area contributed by atoms with Crippen LogP contribution in [-0.2, 0) is 0 Å². The van der Waals surface area contributed by atoms with Gasteiger partial charge in [-0.25, -0.2) is 0 Å². The highest BCUT2D eigenvalue weighted by Gasteiger charge is 2.22.